The number of amides is 2. The predicted molar refractivity (Wildman–Crippen MR) is 151 cm³/mol. The Kier molecular flexibility index (Phi) is 7.77. The minimum atomic E-state index is -3.77. The van der Waals surface area contributed by atoms with E-state index in [4.69, 9.17) is 0 Å². The molecule has 11 heteroatoms. The minimum absolute atomic E-state index is 0.0653. The SMILES string of the molecule is O=C(Nc1ccc(S(=O)(=O)Nc2nccs2)cc1)c1ccc([C@H]2SCC(=O)N2CCc2ccccc2)cc1. The van der Waals surface area contributed by atoms with E-state index in [0.29, 0.717) is 23.5 Å². The molecule has 8 nitrogen and oxygen atoms in total. The topological polar surface area (TPSA) is 108 Å². The monoisotopic (exact) mass is 564 g/mol. The number of hydrogen-bond donors (Lipinski definition) is 2. The summed E-state index contributed by atoms with van der Waals surface area (Å²) >= 11 is 2.77. The summed E-state index contributed by atoms with van der Waals surface area (Å²) in [6.07, 6.45) is 2.30. The fourth-order valence-electron chi connectivity index (χ4n) is 4.03. The highest BCUT2D eigenvalue weighted by Crippen LogP contribution is 2.38. The van der Waals surface area contributed by atoms with Crippen LogP contribution >= 0.6 is 23.1 Å². The van der Waals surface area contributed by atoms with E-state index in [1.54, 1.807) is 29.3 Å². The van der Waals surface area contributed by atoms with Crippen LogP contribution < -0.4 is 10.0 Å². The van der Waals surface area contributed by atoms with Crippen molar-refractivity contribution in [2.75, 3.05) is 22.3 Å². The molecule has 0 bridgehead atoms. The van der Waals surface area contributed by atoms with Crippen molar-refractivity contribution in [2.24, 2.45) is 0 Å². The maximum Gasteiger partial charge on any atom is 0.263 e. The molecular formula is C27H24N4O4S3. The van der Waals surface area contributed by atoms with E-state index in [-0.39, 0.29) is 27.2 Å². The van der Waals surface area contributed by atoms with Gasteiger partial charge in [-0.25, -0.2) is 13.4 Å². The van der Waals surface area contributed by atoms with Crippen LogP contribution in [-0.2, 0) is 21.2 Å². The van der Waals surface area contributed by atoms with E-state index in [2.05, 4.69) is 27.2 Å². The van der Waals surface area contributed by atoms with Gasteiger partial charge in [-0.1, -0.05) is 42.5 Å². The molecule has 1 aliphatic rings. The molecule has 0 unspecified atom stereocenters. The van der Waals surface area contributed by atoms with Gasteiger partial charge < -0.3 is 10.2 Å². The largest absolute Gasteiger partial charge is 0.326 e. The van der Waals surface area contributed by atoms with Crippen molar-refractivity contribution in [3.8, 4) is 0 Å². The summed E-state index contributed by atoms with van der Waals surface area (Å²) in [6.45, 7) is 0.633. The van der Waals surface area contributed by atoms with Crippen LogP contribution in [0.25, 0.3) is 0 Å². The summed E-state index contributed by atoms with van der Waals surface area (Å²) < 4.78 is 27.4. The molecule has 1 atom stereocenters. The lowest BCUT2D eigenvalue weighted by atomic mass is 10.1. The Hall–Kier alpha value is -3.67. The average Bonchev–Trinajstić information content (AvgIpc) is 3.57. The normalized spacial score (nSPS) is 15.4. The molecule has 4 aromatic rings. The predicted octanol–water partition coefficient (Wildman–Crippen LogP) is 5.01. The van der Waals surface area contributed by atoms with E-state index in [9.17, 15) is 18.0 Å². The Balaban J connectivity index is 1.21. The Morgan fingerprint density at radius 3 is 2.42 bits per heavy atom. The van der Waals surface area contributed by atoms with Crippen molar-refractivity contribution < 1.29 is 18.0 Å². The van der Waals surface area contributed by atoms with E-state index >= 15 is 0 Å². The second-order valence-electron chi connectivity index (χ2n) is 8.53. The Bertz CT molecular complexity index is 1510. The van der Waals surface area contributed by atoms with Gasteiger partial charge in [-0.15, -0.1) is 23.1 Å². The van der Waals surface area contributed by atoms with Gasteiger partial charge in [-0.05, 0) is 53.9 Å². The Labute approximate surface area is 229 Å². The molecule has 5 rings (SSSR count). The number of aromatic nitrogens is 1. The van der Waals surface area contributed by atoms with Crippen molar-refractivity contribution in [1.82, 2.24) is 9.88 Å². The molecule has 3 aromatic carbocycles. The first-order valence-corrected chi connectivity index (χ1v) is 15.2. The van der Waals surface area contributed by atoms with Crippen molar-refractivity contribution in [3.05, 3.63) is 107 Å². The van der Waals surface area contributed by atoms with Gasteiger partial charge in [-0.3, -0.25) is 14.3 Å². The third-order valence-corrected chi connectivity index (χ3v) is 9.42. The number of nitrogens with one attached hydrogen (secondary N) is 2. The lowest BCUT2D eigenvalue weighted by Gasteiger charge is -2.24. The summed E-state index contributed by atoms with van der Waals surface area (Å²) in [5, 5.41) is 4.66. The number of benzene rings is 3. The van der Waals surface area contributed by atoms with Gasteiger partial charge in [0, 0.05) is 29.4 Å². The fourth-order valence-corrected chi connectivity index (χ4v) is 7.04. The number of anilines is 2. The Morgan fingerprint density at radius 2 is 1.74 bits per heavy atom. The number of carbonyl (C=O) groups excluding carboxylic acids is 2. The molecule has 2 N–H and O–H groups in total. The third kappa shape index (κ3) is 6.07. The molecule has 0 saturated carbocycles. The standard InChI is InChI=1S/C27H24N4O4S3/c32-24-18-37-26(31(24)16-14-19-4-2-1-3-5-19)21-8-6-20(7-9-21)25(33)29-22-10-12-23(13-11-22)38(34,35)30-27-28-15-17-36-27/h1-13,15,17,26H,14,16,18H2,(H,28,30)(H,29,33)/t26-/m1/s1. The van der Waals surface area contributed by atoms with E-state index < -0.39 is 10.0 Å². The molecule has 1 aromatic heterocycles. The number of thioether (sulfide) groups is 1. The first-order valence-electron chi connectivity index (χ1n) is 11.8. The molecule has 0 spiro atoms. The van der Waals surface area contributed by atoms with Crippen LogP contribution in [0.4, 0.5) is 10.8 Å². The molecule has 1 fully saturated rings. The minimum Gasteiger partial charge on any atom is -0.326 e. The van der Waals surface area contributed by atoms with Gasteiger partial charge in [0.1, 0.15) is 5.37 Å². The van der Waals surface area contributed by atoms with E-state index in [0.717, 1.165) is 12.0 Å². The van der Waals surface area contributed by atoms with Crippen LogP contribution in [0.15, 0.2) is 95.3 Å². The lowest BCUT2D eigenvalue weighted by molar-refractivity contribution is -0.128. The molecule has 1 aliphatic heterocycles. The van der Waals surface area contributed by atoms with Gasteiger partial charge in [0.05, 0.1) is 10.6 Å². The third-order valence-electron chi connectivity index (χ3n) is 5.99. The summed E-state index contributed by atoms with van der Waals surface area (Å²) in [5.74, 6) is 0.237. The van der Waals surface area contributed by atoms with Gasteiger partial charge >= 0.3 is 0 Å². The highest BCUT2D eigenvalue weighted by Gasteiger charge is 2.32. The number of rotatable bonds is 9. The molecule has 0 radical (unpaired) electrons. The maximum atomic E-state index is 12.8. The number of thiazole rings is 1. The van der Waals surface area contributed by atoms with Crippen LogP contribution in [0.3, 0.4) is 0 Å². The second kappa shape index (κ2) is 11.4. The number of carbonyl (C=O) groups is 2. The molecule has 38 heavy (non-hydrogen) atoms. The van der Waals surface area contributed by atoms with Gasteiger partial charge in [0.15, 0.2) is 5.13 Å². The fraction of sp³-hybridized carbons (Fsp3) is 0.148. The molecule has 194 valence electrons. The molecule has 2 amide bonds. The first kappa shape index (κ1) is 26.0. The van der Waals surface area contributed by atoms with Gasteiger partial charge in [0.2, 0.25) is 5.91 Å². The number of sulfonamides is 1. The van der Waals surface area contributed by atoms with Gasteiger partial charge in [-0.2, -0.15) is 0 Å². The number of hydrogen-bond acceptors (Lipinski definition) is 7. The van der Waals surface area contributed by atoms with E-state index in [1.165, 1.54) is 47.4 Å². The van der Waals surface area contributed by atoms with Crippen LogP contribution in [0.5, 0.6) is 0 Å². The summed E-state index contributed by atoms with van der Waals surface area (Å²) in [7, 11) is -3.77. The highest BCUT2D eigenvalue weighted by atomic mass is 32.2. The van der Waals surface area contributed by atoms with Crippen molar-refractivity contribution in [3.63, 3.8) is 0 Å². The second-order valence-corrected chi connectivity index (χ2v) is 12.2. The number of nitrogens with zero attached hydrogens (tertiary/aromatic N) is 2. The van der Waals surface area contributed by atoms with Gasteiger partial charge in [0.25, 0.3) is 15.9 Å². The van der Waals surface area contributed by atoms with Crippen molar-refractivity contribution in [1.29, 1.82) is 0 Å². The zero-order valence-electron chi connectivity index (χ0n) is 20.1. The summed E-state index contributed by atoms with van der Waals surface area (Å²) in [6, 6.07) is 23.2. The van der Waals surface area contributed by atoms with Crippen molar-refractivity contribution in [2.45, 2.75) is 16.7 Å². The Morgan fingerprint density at radius 1 is 1.00 bits per heavy atom. The molecule has 1 saturated heterocycles. The zero-order valence-corrected chi connectivity index (χ0v) is 22.6. The summed E-state index contributed by atoms with van der Waals surface area (Å²) in [5.41, 5.74) is 3.08. The average molecular weight is 565 g/mol. The zero-order chi connectivity index (χ0) is 26.5. The summed E-state index contributed by atoms with van der Waals surface area (Å²) in [4.78, 5) is 31.2. The maximum absolute atomic E-state index is 12.8. The molecule has 0 aliphatic carbocycles. The lowest BCUT2D eigenvalue weighted by Crippen LogP contribution is -2.30. The van der Waals surface area contributed by atoms with E-state index in [1.807, 2.05) is 35.2 Å². The quantitative estimate of drug-likeness (QED) is 0.296. The van der Waals surface area contributed by atoms with Crippen LogP contribution in [0.1, 0.15) is 26.9 Å². The van der Waals surface area contributed by atoms with Crippen molar-refractivity contribution >= 4 is 55.8 Å². The van der Waals surface area contributed by atoms with Crippen LogP contribution in [0.2, 0.25) is 0 Å². The first-order chi connectivity index (χ1) is 18.4. The van der Waals surface area contributed by atoms with Crippen LogP contribution in [-0.4, -0.2) is 42.4 Å². The smallest absolute Gasteiger partial charge is 0.263 e. The molecular weight excluding hydrogens is 541 g/mol. The van der Waals surface area contributed by atoms with Crippen LogP contribution in [0, 0.1) is 0 Å². The molecule has 2 heterocycles. The highest BCUT2D eigenvalue weighted by molar-refractivity contribution is 8.00.